The minimum absolute atomic E-state index is 0.134. The molecule has 150 valence electrons. The fourth-order valence-electron chi connectivity index (χ4n) is 2.62. The number of aliphatic carboxylic acids is 3. The maximum absolute atomic E-state index is 13.5. The number of rotatable bonds is 7. The quantitative estimate of drug-likeness (QED) is 0.447. The van der Waals surface area contributed by atoms with Gasteiger partial charge in [0, 0.05) is 12.1 Å². The molecule has 0 unspecified atom stereocenters. The van der Waals surface area contributed by atoms with Crippen LogP contribution >= 0.6 is 0 Å². The number of likely N-dealkylation sites (N-methyl/N-ethyl adjacent to an activating group) is 1. The Morgan fingerprint density at radius 3 is 2.30 bits per heavy atom. The van der Waals surface area contributed by atoms with Crippen molar-refractivity contribution in [2.24, 2.45) is 0 Å². The second-order valence-electron chi connectivity index (χ2n) is 5.96. The van der Waals surface area contributed by atoms with Crippen LogP contribution in [0.2, 0.25) is 0 Å². The van der Waals surface area contributed by atoms with Gasteiger partial charge in [0.25, 0.3) is 0 Å². The van der Waals surface area contributed by atoms with E-state index in [1.54, 1.807) is 6.07 Å². The number of hydrogen-bond acceptors (Lipinski definition) is 6. The van der Waals surface area contributed by atoms with Gasteiger partial charge in [0.15, 0.2) is 5.60 Å². The smallest absolute Gasteiger partial charge is 0.336 e. The summed E-state index contributed by atoms with van der Waals surface area (Å²) in [7, 11) is 1.85. The van der Waals surface area contributed by atoms with E-state index in [0.717, 1.165) is 17.5 Å². The molecule has 0 amide bonds. The van der Waals surface area contributed by atoms with Crippen molar-refractivity contribution >= 4 is 17.9 Å². The van der Waals surface area contributed by atoms with E-state index in [2.05, 4.69) is 5.32 Å². The van der Waals surface area contributed by atoms with Crippen LogP contribution in [0.3, 0.4) is 0 Å². The van der Waals surface area contributed by atoms with E-state index in [9.17, 15) is 18.8 Å². The van der Waals surface area contributed by atoms with Crippen LogP contribution in [0.1, 0.15) is 30.1 Å². The van der Waals surface area contributed by atoms with Crippen LogP contribution in [0, 0.1) is 5.82 Å². The molecule has 2 rings (SSSR count). The van der Waals surface area contributed by atoms with Gasteiger partial charge in [-0.05, 0) is 25.1 Å². The third kappa shape index (κ3) is 6.59. The summed E-state index contributed by atoms with van der Waals surface area (Å²) in [6.45, 7) is 1.34. The standard InChI is InChI=1S/C11H14FNO.C6H8O7/c1-13-7-10-11-8(5-6-14-10)3-2-4-9(11)12;7-3(8)1-6(13,5(11)12)2-4(9)10/h2-4,10,13H,5-7H2,1H3;13H,1-2H2,(H,7,8)(H,9,10)(H,11,12)/t10-;/m0./s1. The van der Waals surface area contributed by atoms with E-state index in [0.29, 0.717) is 13.2 Å². The molecule has 0 saturated carbocycles. The monoisotopic (exact) mass is 387 g/mol. The maximum atomic E-state index is 13.5. The summed E-state index contributed by atoms with van der Waals surface area (Å²) in [5, 5.41) is 36.8. The number of ether oxygens (including phenoxy) is 1. The molecule has 1 heterocycles. The topological polar surface area (TPSA) is 153 Å². The number of carboxylic acid groups (broad SMARTS) is 3. The molecule has 1 aromatic carbocycles. The van der Waals surface area contributed by atoms with E-state index >= 15 is 0 Å². The van der Waals surface area contributed by atoms with Crippen molar-refractivity contribution in [3.05, 3.63) is 35.1 Å². The average molecular weight is 387 g/mol. The highest BCUT2D eigenvalue weighted by atomic mass is 19.1. The Bertz CT molecular complexity index is 678. The predicted octanol–water partition coefficient (Wildman–Crippen LogP) is 0.410. The second-order valence-corrected chi connectivity index (χ2v) is 5.96. The molecular weight excluding hydrogens is 365 g/mol. The van der Waals surface area contributed by atoms with Crippen molar-refractivity contribution in [3.8, 4) is 0 Å². The van der Waals surface area contributed by atoms with E-state index in [1.807, 2.05) is 13.1 Å². The zero-order valence-electron chi connectivity index (χ0n) is 14.6. The molecule has 0 fully saturated rings. The molecule has 0 spiro atoms. The van der Waals surface area contributed by atoms with Gasteiger partial charge in [-0.15, -0.1) is 0 Å². The highest BCUT2D eigenvalue weighted by Crippen LogP contribution is 2.28. The first kappa shape index (κ1) is 22.5. The van der Waals surface area contributed by atoms with Crippen LogP contribution in [0.5, 0.6) is 0 Å². The molecule has 1 aliphatic heterocycles. The Morgan fingerprint density at radius 1 is 1.22 bits per heavy atom. The summed E-state index contributed by atoms with van der Waals surface area (Å²) in [5.41, 5.74) is -0.929. The second kappa shape index (κ2) is 9.95. The maximum Gasteiger partial charge on any atom is 0.336 e. The fraction of sp³-hybridized carbons (Fsp3) is 0.471. The van der Waals surface area contributed by atoms with Gasteiger partial charge in [0.2, 0.25) is 0 Å². The predicted molar refractivity (Wildman–Crippen MR) is 89.8 cm³/mol. The van der Waals surface area contributed by atoms with Crippen LogP contribution in [-0.2, 0) is 25.5 Å². The largest absolute Gasteiger partial charge is 0.481 e. The number of hydrogen-bond donors (Lipinski definition) is 5. The summed E-state index contributed by atoms with van der Waals surface area (Å²) in [4.78, 5) is 30.5. The first-order valence-electron chi connectivity index (χ1n) is 8.03. The van der Waals surface area contributed by atoms with Gasteiger partial charge in [0.1, 0.15) is 5.82 Å². The molecule has 1 aromatic rings. The molecule has 0 saturated heterocycles. The zero-order valence-corrected chi connectivity index (χ0v) is 14.6. The van der Waals surface area contributed by atoms with Crippen LogP contribution in [-0.4, -0.2) is 64.1 Å². The van der Waals surface area contributed by atoms with Gasteiger partial charge in [-0.3, -0.25) is 9.59 Å². The number of fused-ring (bicyclic) bond motifs is 1. The highest BCUT2D eigenvalue weighted by Gasteiger charge is 2.40. The molecule has 10 heteroatoms. The normalized spacial score (nSPS) is 15.9. The molecule has 1 atom stereocenters. The van der Waals surface area contributed by atoms with Crippen LogP contribution < -0.4 is 5.32 Å². The van der Waals surface area contributed by atoms with Gasteiger partial charge in [-0.2, -0.15) is 0 Å². The summed E-state index contributed by atoms with van der Waals surface area (Å²) < 4.78 is 19.1. The molecule has 27 heavy (non-hydrogen) atoms. The highest BCUT2D eigenvalue weighted by molar-refractivity contribution is 5.88. The third-order valence-corrected chi connectivity index (χ3v) is 3.83. The van der Waals surface area contributed by atoms with Gasteiger partial charge >= 0.3 is 17.9 Å². The van der Waals surface area contributed by atoms with Crippen LogP contribution in [0.15, 0.2) is 18.2 Å². The number of carboxylic acids is 3. The lowest BCUT2D eigenvalue weighted by Crippen LogP contribution is -2.42. The lowest BCUT2D eigenvalue weighted by Gasteiger charge is -2.26. The lowest BCUT2D eigenvalue weighted by molar-refractivity contribution is -0.170. The van der Waals surface area contributed by atoms with Crippen LogP contribution in [0.4, 0.5) is 4.39 Å². The third-order valence-electron chi connectivity index (χ3n) is 3.83. The van der Waals surface area contributed by atoms with Gasteiger partial charge < -0.3 is 30.5 Å². The zero-order chi connectivity index (χ0) is 20.6. The summed E-state index contributed by atoms with van der Waals surface area (Å²) >= 11 is 0. The number of nitrogens with one attached hydrogen (secondary N) is 1. The van der Waals surface area contributed by atoms with Crippen molar-refractivity contribution in [1.29, 1.82) is 0 Å². The Labute approximate surface area is 154 Å². The summed E-state index contributed by atoms with van der Waals surface area (Å²) in [6.07, 6.45) is -1.61. The first-order valence-corrected chi connectivity index (χ1v) is 8.03. The minimum atomic E-state index is -2.74. The SMILES string of the molecule is CNC[C@@H]1OCCc2cccc(F)c21.O=C(O)CC(O)(CC(=O)O)C(=O)O. The Kier molecular flexibility index (Phi) is 8.29. The number of halogens is 1. The molecule has 0 aliphatic carbocycles. The van der Waals surface area contributed by atoms with Crippen molar-refractivity contribution in [1.82, 2.24) is 5.32 Å². The number of aliphatic hydroxyl groups is 1. The van der Waals surface area contributed by atoms with E-state index in [1.165, 1.54) is 6.07 Å². The Morgan fingerprint density at radius 2 is 1.81 bits per heavy atom. The first-order chi connectivity index (χ1) is 12.6. The summed E-state index contributed by atoms with van der Waals surface area (Å²) in [5.74, 6) is -5.17. The Hall–Kier alpha value is -2.56. The van der Waals surface area contributed by atoms with E-state index < -0.39 is 36.4 Å². The van der Waals surface area contributed by atoms with Gasteiger partial charge in [-0.25, -0.2) is 9.18 Å². The molecule has 9 nitrogen and oxygen atoms in total. The summed E-state index contributed by atoms with van der Waals surface area (Å²) in [6, 6.07) is 5.23. The van der Waals surface area contributed by atoms with E-state index in [4.69, 9.17) is 25.2 Å². The van der Waals surface area contributed by atoms with Gasteiger partial charge in [0.05, 0.1) is 25.6 Å². The van der Waals surface area contributed by atoms with Crippen LogP contribution in [0.25, 0.3) is 0 Å². The molecule has 0 bridgehead atoms. The molecule has 1 aliphatic rings. The van der Waals surface area contributed by atoms with E-state index in [-0.39, 0.29) is 11.9 Å². The molecule has 0 radical (unpaired) electrons. The number of carbonyl (C=O) groups is 3. The van der Waals surface area contributed by atoms with Gasteiger partial charge in [-0.1, -0.05) is 12.1 Å². The molecule has 5 N–H and O–H groups in total. The van der Waals surface area contributed by atoms with Crippen molar-refractivity contribution in [3.63, 3.8) is 0 Å². The number of benzene rings is 1. The minimum Gasteiger partial charge on any atom is -0.481 e. The lowest BCUT2D eigenvalue weighted by atomic mass is 9.96. The van der Waals surface area contributed by atoms with Crippen molar-refractivity contribution < 1.29 is 43.9 Å². The Balaban J connectivity index is 0.000000271. The molecular formula is C17H22FNO8. The average Bonchev–Trinajstić information content (AvgIpc) is 2.54. The van der Waals surface area contributed by atoms with Crippen molar-refractivity contribution in [2.75, 3.05) is 20.2 Å². The van der Waals surface area contributed by atoms with Crippen molar-refractivity contribution in [2.45, 2.75) is 31.0 Å². The molecule has 0 aromatic heterocycles. The fourth-order valence-corrected chi connectivity index (χ4v) is 2.62.